The first kappa shape index (κ1) is 31.5. The zero-order valence-corrected chi connectivity index (χ0v) is 25.4. The molecule has 0 aliphatic heterocycles. The highest BCUT2D eigenvalue weighted by Crippen LogP contribution is 2.30. The second kappa shape index (κ2) is 14.0. The van der Waals surface area contributed by atoms with Crippen LogP contribution in [0.5, 0.6) is 0 Å². The Morgan fingerprint density at radius 3 is 2.20 bits per heavy atom. The minimum atomic E-state index is -3.93. The van der Waals surface area contributed by atoms with E-state index in [1.165, 1.54) is 23.1 Å². The van der Waals surface area contributed by atoms with E-state index in [1.807, 2.05) is 75.4 Å². The lowest BCUT2D eigenvalue weighted by atomic mass is 10.0. The third-order valence-electron chi connectivity index (χ3n) is 6.42. The van der Waals surface area contributed by atoms with Crippen LogP contribution in [0.1, 0.15) is 30.5 Å². The predicted molar refractivity (Wildman–Crippen MR) is 162 cm³/mol. The summed E-state index contributed by atoms with van der Waals surface area (Å²) in [5.74, 6) is -0.648. The average molecular weight is 605 g/mol. The van der Waals surface area contributed by atoms with Crippen LogP contribution in [0.25, 0.3) is 0 Å². The number of nitrogens with zero attached hydrogens (tertiary/aromatic N) is 2. The summed E-state index contributed by atoms with van der Waals surface area (Å²) < 4.78 is 26.7. The molecule has 214 valence electrons. The molecule has 0 heterocycles. The highest BCUT2D eigenvalue weighted by Gasteiger charge is 2.33. The van der Waals surface area contributed by atoms with Crippen molar-refractivity contribution >= 4 is 50.7 Å². The molecule has 0 aliphatic rings. The van der Waals surface area contributed by atoms with E-state index in [-0.39, 0.29) is 35.5 Å². The van der Waals surface area contributed by atoms with Gasteiger partial charge in [-0.3, -0.25) is 13.9 Å². The minimum Gasteiger partial charge on any atom is -0.354 e. The number of halogens is 2. The minimum absolute atomic E-state index is 0.0895. The van der Waals surface area contributed by atoms with Crippen molar-refractivity contribution < 1.29 is 18.0 Å². The first-order valence-corrected chi connectivity index (χ1v) is 15.6. The Balaban J connectivity index is 2.08. The molecule has 0 aliphatic carbocycles. The number of rotatable bonds is 12. The van der Waals surface area contributed by atoms with Gasteiger partial charge < -0.3 is 10.2 Å². The first-order valence-electron chi connectivity index (χ1n) is 12.9. The van der Waals surface area contributed by atoms with Gasteiger partial charge in [-0.1, -0.05) is 91.6 Å². The maximum Gasteiger partial charge on any atom is 0.244 e. The SMILES string of the molecule is Cc1ccccc1CN(C(=O)CN(c1ccc(Cl)cc1Cl)S(C)(=O)=O)[C@@H](Cc1ccccc1)C(=O)NCC(C)C. The molecular formula is C30H35Cl2N3O4S. The molecule has 3 aromatic rings. The molecule has 1 N–H and O–H groups in total. The molecule has 0 saturated heterocycles. The third-order valence-corrected chi connectivity index (χ3v) is 8.08. The van der Waals surface area contributed by atoms with Gasteiger partial charge in [0.25, 0.3) is 0 Å². The number of aryl methyl sites for hydroxylation is 1. The number of amides is 2. The van der Waals surface area contributed by atoms with Crippen LogP contribution in [-0.4, -0.2) is 50.5 Å². The zero-order chi connectivity index (χ0) is 29.4. The molecule has 0 saturated carbocycles. The number of carbonyl (C=O) groups excluding carboxylic acids is 2. The maximum atomic E-state index is 14.1. The Morgan fingerprint density at radius 1 is 0.950 bits per heavy atom. The van der Waals surface area contributed by atoms with Crippen LogP contribution >= 0.6 is 23.2 Å². The van der Waals surface area contributed by atoms with Crippen molar-refractivity contribution in [1.82, 2.24) is 10.2 Å². The molecule has 2 amide bonds. The summed E-state index contributed by atoms with van der Waals surface area (Å²) in [5, 5.41) is 3.39. The van der Waals surface area contributed by atoms with Crippen molar-refractivity contribution in [2.45, 2.75) is 39.8 Å². The molecule has 0 fully saturated rings. The number of carbonyl (C=O) groups is 2. The fourth-order valence-electron chi connectivity index (χ4n) is 4.23. The standard InChI is InChI=1S/C30H35Cl2N3O4S/c1-21(2)18-33-30(37)28(16-23-11-6-5-7-12-23)34(19-24-13-9-8-10-22(24)3)29(36)20-35(40(4,38)39)27-15-14-25(31)17-26(27)32/h5-15,17,21,28H,16,18-20H2,1-4H3,(H,33,37)/t28-/m0/s1. The van der Waals surface area contributed by atoms with Crippen LogP contribution in [0, 0.1) is 12.8 Å². The fraction of sp³-hybridized carbons (Fsp3) is 0.333. The summed E-state index contributed by atoms with van der Waals surface area (Å²) in [6.07, 6.45) is 1.26. The van der Waals surface area contributed by atoms with Crippen LogP contribution in [0.15, 0.2) is 72.8 Å². The first-order chi connectivity index (χ1) is 18.9. The van der Waals surface area contributed by atoms with Crippen LogP contribution in [-0.2, 0) is 32.6 Å². The highest BCUT2D eigenvalue weighted by molar-refractivity contribution is 7.92. The van der Waals surface area contributed by atoms with Gasteiger partial charge in [-0.05, 0) is 47.7 Å². The van der Waals surface area contributed by atoms with E-state index in [0.29, 0.717) is 11.6 Å². The quantitative estimate of drug-likeness (QED) is 0.297. The summed E-state index contributed by atoms with van der Waals surface area (Å²) in [7, 11) is -3.93. The van der Waals surface area contributed by atoms with E-state index < -0.39 is 28.5 Å². The molecule has 3 aromatic carbocycles. The lowest BCUT2D eigenvalue weighted by Gasteiger charge is -2.34. The number of anilines is 1. The van der Waals surface area contributed by atoms with Gasteiger partial charge in [0.2, 0.25) is 21.8 Å². The van der Waals surface area contributed by atoms with E-state index in [0.717, 1.165) is 27.3 Å². The van der Waals surface area contributed by atoms with Crippen LogP contribution in [0.3, 0.4) is 0 Å². The van der Waals surface area contributed by atoms with Gasteiger partial charge in [-0.15, -0.1) is 0 Å². The molecule has 1 atom stereocenters. The van der Waals surface area contributed by atoms with Gasteiger partial charge in [0.1, 0.15) is 12.6 Å². The van der Waals surface area contributed by atoms with Crippen LogP contribution in [0.4, 0.5) is 5.69 Å². The van der Waals surface area contributed by atoms with E-state index in [9.17, 15) is 18.0 Å². The molecule has 0 radical (unpaired) electrons. The van der Waals surface area contributed by atoms with Gasteiger partial charge in [-0.2, -0.15) is 0 Å². The average Bonchev–Trinajstić information content (AvgIpc) is 2.89. The van der Waals surface area contributed by atoms with Gasteiger partial charge in [0.05, 0.1) is 17.0 Å². The summed E-state index contributed by atoms with van der Waals surface area (Å²) in [5.41, 5.74) is 2.79. The van der Waals surface area contributed by atoms with Gasteiger partial charge >= 0.3 is 0 Å². The van der Waals surface area contributed by atoms with Crippen molar-refractivity contribution in [2.75, 3.05) is 23.7 Å². The smallest absolute Gasteiger partial charge is 0.244 e. The van der Waals surface area contributed by atoms with Crippen LogP contribution in [0.2, 0.25) is 10.0 Å². The lowest BCUT2D eigenvalue weighted by Crippen LogP contribution is -2.53. The van der Waals surface area contributed by atoms with Crippen molar-refractivity contribution in [3.63, 3.8) is 0 Å². The monoisotopic (exact) mass is 603 g/mol. The third kappa shape index (κ3) is 8.71. The lowest BCUT2D eigenvalue weighted by molar-refractivity contribution is -0.140. The van der Waals surface area contributed by atoms with Gasteiger partial charge in [-0.25, -0.2) is 8.42 Å². The number of benzene rings is 3. The normalized spacial score (nSPS) is 12.2. The molecule has 0 aromatic heterocycles. The number of sulfonamides is 1. The molecule has 7 nitrogen and oxygen atoms in total. The molecule has 0 unspecified atom stereocenters. The Morgan fingerprint density at radius 2 is 1.60 bits per heavy atom. The summed E-state index contributed by atoms with van der Waals surface area (Å²) >= 11 is 12.4. The number of nitrogens with one attached hydrogen (secondary N) is 1. The van der Waals surface area contributed by atoms with E-state index in [4.69, 9.17) is 23.2 Å². The van der Waals surface area contributed by atoms with Crippen molar-refractivity contribution in [3.05, 3.63) is 99.5 Å². The fourth-order valence-corrected chi connectivity index (χ4v) is 5.65. The Kier molecular flexibility index (Phi) is 11.0. The summed E-state index contributed by atoms with van der Waals surface area (Å²) in [4.78, 5) is 29.2. The number of hydrogen-bond donors (Lipinski definition) is 1. The predicted octanol–water partition coefficient (Wildman–Crippen LogP) is 5.48. The molecule has 10 heteroatoms. The van der Waals surface area contributed by atoms with Gasteiger partial charge in [0, 0.05) is 24.5 Å². The van der Waals surface area contributed by atoms with E-state index in [2.05, 4.69) is 5.32 Å². The second-order valence-electron chi connectivity index (χ2n) is 10.2. The van der Waals surface area contributed by atoms with Crippen molar-refractivity contribution in [1.29, 1.82) is 0 Å². The maximum absolute atomic E-state index is 14.1. The summed E-state index contributed by atoms with van der Waals surface area (Å²) in [6.45, 7) is 5.91. The van der Waals surface area contributed by atoms with Crippen molar-refractivity contribution in [2.24, 2.45) is 5.92 Å². The van der Waals surface area contributed by atoms with Gasteiger partial charge in [0.15, 0.2) is 0 Å². The molecule has 0 bridgehead atoms. The molecular weight excluding hydrogens is 569 g/mol. The largest absolute Gasteiger partial charge is 0.354 e. The Hall–Kier alpha value is -3.07. The molecule has 0 spiro atoms. The topological polar surface area (TPSA) is 86.8 Å². The zero-order valence-electron chi connectivity index (χ0n) is 23.1. The summed E-state index contributed by atoms with van der Waals surface area (Å²) in [6, 6.07) is 20.5. The van der Waals surface area contributed by atoms with E-state index in [1.54, 1.807) is 0 Å². The van der Waals surface area contributed by atoms with Crippen molar-refractivity contribution in [3.8, 4) is 0 Å². The molecule has 40 heavy (non-hydrogen) atoms. The van der Waals surface area contributed by atoms with Crippen LogP contribution < -0.4 is 9.62 Å². The Labute approximate surface area is 247 Å². The highest BCUT2D eigenvalue weighted by atomic mass is 35.5. The van der Waals surface area contributed by atoms with E-state index >= 15 is 0 Å². The second-order valence-corrected chi connectivity index (χ2v) is 12.9. The molecule has 3 rings (SSSR count). The Bertz CT molecular complexity index is 1430. The number of hydrogen-bond acceptors (Lipinski definition) is 4.